The fourth-order valence-corrected chi connectivity index (χ4v) is 1.41. The van der Waals surface area contributed by atoms with Gasteiger partial charge in [0.25, 0.3) is 0 Å². The third kappa shape index (κ3) is 4.96. The molecule has 86 valence electrons. The molecule has 0 rings (SSSR count). The minimum atomic E-state index is -0.570. The van der Waals surface area contributed by atoms with Crippen LogP contribution in [-0.4, -0.2) is 23.4 Å². The van der Waals surface area contributed by atoms with E-state index >= 15 is 0 Å². The standard InChI is InChI=1S/C13H22O2/c1-5-8-9-12(14)13(4,10-6-2)15-11-7-3/h5-7,12,14H,1-3,8-11H2,4H3/t12-,13-/m1/s1. The number of aliphatic hydroxyl groups excluding tert-OH is 1. The van der Waals surface area contributed by atoms with Crippen LogP contribution in [0.1, 0.15) is 26.2 Å². The molecule has 0 aromatic heterocycles. The summed E-state index contributed by atoms with van der Waals surface area (Å²) < 4.78 is 5.60. The van der Waals surface area contributed by atoms with Crippen LogP contribution in [0.3, 0.4) is 0 Å². The Morgan fingerprint density at radius 1 is 1.27 bits per heavy atom. The van der Waals surface area contributed by atoms with E-state index in [2.05, 4.69) is 19.7 Å². The van der Waals surface area contributed by atoms with E-state index in [1.807, 2.05) is 6.92 Å². The summed E-state index contributed by atoms with van der Waals surface area (Å²) in [6.07, 6.45) is 6.80. The van der Waals surface area contributed by atoms with Crippen LogP contribution >= 0.6 is 0 Å². The zero-order chi connectivity index (χ0) is 11.7. The molecule has 0 saturated carbocycles. The van der Waals surface area contributed by atoms with Gasteiger partial charge in [-0.1, -0.05) is 18.2 Å². The molecule has 0 saturated heterocycles. The molecule has 0 fully saturated rings. The van der Waals surface area contributed by atoms with Gasteiger partial charge >= 0.3 is 0 Å². The van der Waals surface area contributed by atoms with Crippen LogP contribution in [0.4, 0.5) is 0 Å². The van der Waals surface area contributed by atoms with Crippen LogP contribution < -0.4 is 0 Å². The first-order chi connectivity index (χ1) is 7.10. The zero-order valence-corrected chi connectivity index (χ0v) is 9.61. The first-order valence-electron chi connectivity index (χ1n) is 5.25. The van der Waals surface area contributed by atoms with Crippen molar-refractivity contribution in [3.05, 3.63) is 38.0 Å². The van der Waals surface area contributed by atoms with Crippen molar-refractivity contribution in [3.63, 3.8) is 0 Å². The van der Waals surface area contributed by atoms with Gasteiger partial charge in [0.1, 0.15) is 0 Å². The largest absolute Gasteiger partial charge is 0.390 e. The molecule has 0 amide bonds. The van der Waals surface area contributed by atoms with Gasteiger partial charge < -0.3 is 9.84 Å². The number of aliphatic hydroxyl groups is 1. The fraction of sp³-hybridized carbons (Fsp3) is 0.538. The van der Waals surface area contributed by atoms with Gasteiger partial charge in [0.15, 0.2) is 0 Å². The van der Waals surface area contributed by atoms with Crippen LogP contribution in [0.5, 0.6) is 0 Å². The third-order valence-corrected chi connectivity index (χ3v) is 2.43. The molecular formula is C13H22O2. The minimum absolute atomic E-state index is 0.440. The van der Waals surface area contributed by atoms with E-state index in [-0.39, 0.29) is 0 Å². The molecule has 0 aliphatic heterocycles. The molecule has 0 aromatic carbocycles. The van der Waals surface area contributed by atoms with Gasteiger partial charge in [-0.2, -0.15) is 0 Å². The highest BCUT2D eigenvalue weighted by Crippen LogP contribution is 2.24. The number of hydrogen-bond donors (Lipinski definition) is 1. The molecule has 0 unspecified atom stereocenters. The Morgan fingerprint density at radius 3 is 2.40 bits per heavy atom. The number of rotatable bonds is 9. The predicted molar refractivity (Wildman–Crippen MR) is 64.8 cm³/mol. The van der Waals surface area contributed by atoms with Gasteiger partial charge in [0, 0.05) is 0 Å². The summed E-state index contributed by atoms with van der Waals surface area (Å²) in [4.78, 5) is 0. The van der Waals surface area contributed by atoms with E-state index < -0.39 is 11.7 Å². The topological polar surface area (TPSA) is 29.5 Å². The Labute approximate surface area is 93.0 Å². The maximum atomic E-state index is 10.0. The third-order valence-electron chi connectivity index (χ3n) is 2.43. The van der Waals surface area contributed by atoms with E-state index in [0.717, 1.165) is 6.42 Å². The van der Waals surface area contributed by atoms with Crippen molar-refractivity contribution in [1.82, 2.24) is 0 Å². The summed E-state index contributed by atoms with van der Waals surface area (Å²) in [7, 11) is 0. The summed E-state index contributed by atoms with van der Waals surface area (Å²) in [5.74, 6) is 0. The molecule has 2 nitrogen and oxygen atoms in total. The van der Waals surface area contributed by atoms with Gasteiger partial charge in [0.2, 0.25) is 0 Å². The van der Waals surface area contributed by atoms with Crippen molar-refractivity contribution in [1.29, 1.82) is 0 Å². The average molecular weight is 210 g/mol. The van der Waals surface area contributed by atoms with Gasteiger partial charge in [-0.3, -0.25) is 0 Å². The first-order valence-corrected chi connectivity index (χ1v) is 5.25. The average Bonchev–Trinajstić information content (AvgIpc) is 2.23. The summed E-state index contributed by atoms with van der Waals surface area (Å²) >= 11 is 0. The lowest BCUT2D eigenvalue weighted by atomic mass is 9.91. The quantitative estimate of drug-likeness (QED) is 0.593. The smallest absolute Gasteiger partial charge is 0.0950 e. The summed E-state index contributed by atoms with van der Waals surface area (Å²) in [6.45, 7) is 13.2. The molecule has 2 atom stereocenters. The van der Waals surface area contributed by atoms with Gasteiger partial charge in [-0.15, -0.1) is 19.7 Å². The molecule has 0 spiro atoms. The Morgan fingerprint density at radius 2 is 1.93 bits per heavy atom. The van der Waals surface area contributed by atoms with Crippen molar-refractivity contribution >= 4 is 0 Å². The number of hydrogen-bond acceptors (Lipinski definition) is 2. The highest BCUT2D eigenvalue weighted by molar-refractivity contribution is 4.92. The number of ether oxygens (including phenoxy) is 1. The summed E-state index contributed by atoms with van der Waals surface area (Å²) in [5.41, 5.74) is -0.570. The monoisotopic (exact) mass is 210 g/mol. The lowest BCUT2D eigenvalue weighted by Crippen LogP contribution is -2.41. The molecule has 0 heterocycles. The van der Waals surface area contributed by atoms with Crippen LogP contribution in [0, 0.1) is 0 Å². The lowest BCUT2D eigenvalue weighted by Gasteiger charge is -2.33. The van der Waals surface area contributed by atoms with Crippen molar-refractivity contribution < 1.29 is 9.84 Å². The van der Waals surface area contributed by atoms with Crippen molar-refractivity contribution in [3.8, 4) is 0 Å². The van der Waals surface area contributed by atoms with E-state index in [1.165, 1.54) is 0 Å². The molecule has 0 aromatic rings. The molecular weight excluding hydrogens is 188 g/mol. The van der Waals surface area contributed by atoms with Gasteiger partial charge in [-0.05, 0) is 26.2 Å². The van der Waals surface area contributed by atoms with Crippen LogP contribution in [0.2, 0.25) is 0 Å². The maximum Gasteiger partial charge on any atom is 0.0950 e. The normalized spacial score (nSPS) is 16.4. The van der Waals surface area contributed by atoms with Crippen molar-refractivity contribution in [2.24, 2.45) is 0 Å². The Hall–Kier alpha value is -0.860. The van der Waals surface area contributed by atoms with Gasteiger partial charge in [0.05, 0.1) is 18.3 Å². The molecule has 15 heavy (non-hydrogen) atoms. The molecule has 0 aliphatic rings. The molecule has 0 bridgehead atoms. The van der Waals surface area contributed by atoms with E-state index in [1.54, 1.807) is 18.2 Å². The Kier molecular flexibility index (Phi) is 7.01. The van der Waals surface area contributed by atoms with Gasteiger partial charge in [-0.25, -0.2) is 0 Å². The summed E-state index contributed by atoms with van der Waals surface area (Å²) in [5, 5.41) is 10.0. The second kappa shape index (κ2) is 7.43. The summed E-state index contributed by atoms with van der Waals surface area (Å²) in [6, 6.07) is 0. The van der Waals surface area contributed by atoms with E-state index in [9.17, 15) is 5.11 Å². The molecule has 1 N–H and O–H groups in total. The highest BCUT2D eigenvalue weighted by Gasteiger charge is 2.31. The highest BCUT2D eigenvalue weighted by atomic mass is 16.5. The second-order valence-electron chi connectivity index (χ2n) is 3.79. The van der Waals surface area contributed by atoms with Crippen LogP contribution in [-0.2, 0) is 4.74 Å². The van der Waals surface area contributed by atoms with Crippen LogP contribution in [0.25, 0.3) is 0 Å². The number of allylic oxidation sites excluding steroid dienone is 1. The fourth-order valence-electron chi connectivity index (χ4n) is 1.41. The Balaban J connectivity index is 4.36. The Bertz CT molecular complexity index is 211. The SMILES string of the molecule is C=CCC[C@@H](O)[C@@](C)(CC=C)OCC=C. The van der Waals surface area contributed by atoms with E-state index in [4.69, 9.17) is 4.74 Å². The van der Waals surface area contributed by atoms with Crippen molar-refractivity contribution in [2.45, 2.75) is 37.9 Å². The second-order valence-corrected chi connectivity index (χ2v) is 3.79. The van der Waals surface area contributed by atoms with E-state index in [0.29, 0.717) is 19.4 Å². The first kappa shape index (κ1) is 14.1. The molecule has 0 radical (unpaired) electrons. The maximum absolute atomic E-state index is 10.0. The zero-order valence-electron chi connectivity index (χ0n) is 9.61. The van der Waals surface area contributed by atoms with Crippen molar-refractivity contribution in [2.75, 3.05) is 6.61 Å². The molecule has 0 aliphatic carbocycles. The van der Waals surface area contributed by atoms with Crippen LogP contribution in [0.15, 0.2) is 38.0 Å². The molecule has 2 heteroatoms. The minimum Gasteiger partial charge on any atom is -0.390 e. The lowest BCUT2D eigenvalue weighted by molar-refractivity contribution is -0.103. The predicted octanol–water partition coefficient (Wildman–Crippen LogP) is 2.85.